The quantitative estimate of drug-likeness (QED) is 0.579. The van der Waals surface area contributed by atoms with Crippen LogP contribution in [0, 0.1) is 0 Å². The molecule has 9 heteroatoms. The molecular formula is C25H24N2O6S. The summed E-state index contributed by atoms with van der Waals surface area (Å²) in [6.07, 6.45) is 1.64. The largest absolute Gasteiger partial charge is 0.486 e. The first-order chi connectivity index (χ1) is 16.5. The molecule has 0 radical (unpaired) electrons. The minimum Gasteiger partial charge on any atom is -0.486 e. The molecule has 0 fully saturated rings. The van der Waals surface area contributed by atoms with Crippen LogP contribution in [0.5, 0.6) is 17.2 Å². The van der Waals surface area contributed by atoms with Gasteiger partial charge in [-0.3, -0.25) is 9.10 Å². The molecule has 3 aromatic carbocycles. The fraction of sp³-hybridized carbons (Fsp3) is 0.240. The van der Waals surface area contributed by atoms with Crippen molar-refractivity contribution in [2.75, 3.05) is 36.0 Å². The maximum absolute atomic E-state index is 13.2. The van der Waals surface area contributed by atoms with Gasteiger partial charge in [-0.2, -0.15) is 0 Å². The molecule has 0 spiro atoms. The molecule has 0 saturated carbocycles. The van der Waals surface area contributed by atoms with Gasteiger partial charge >= 0.3 is 0 Å². The van der Waals surface area contributed by atoms with Gasteiger partial charge in [0.1, 0.15) is 19.0 Å². The molecule has 8 nitrogen and oxygen atoms in total. The summed E-state index contributed by atoms with van der Waals surface area (Å²) in [6.45, 7) is 1.18. The highest BCUT2D eigenvalue weighted by molar-refractivity contribution is 7.92. The number of aryl methyl sites for hydroxylation is 1. The molecule has 3 aromatic rings. The van der Waals surface area contributed by atoms with E-state index in [9.17, 15) is 13.2 Å². The fourth-order valence-corrected chi connectivity index (χ4v) is 5.59. The Labute approximate surface area is 198 Å². The third kappa shape index (κ3) is 4.51. The number of nitrogens with zero attached hydrogens (tertiary/aromatic N) is 1. The van der Waals surface area contributed by atoms with Gasteiger partial charge in [0.2, 0.25) is 0 Å². The zero-order valence-corrected chi connectivity index (χ0v) is 19.2. The number of fused-ring (bicyclic) bond motifs is 2. The predicted molar refractivity (Wildman–Crippen MR) is 127 cm³/mol. The van der Waals surface area contributed by atoms with Crippen molar-refractivity contribution < 1.29 is 27.4 Å². The lowest BCUT2D eigenvalue weighted by Gasteiger charge is -2.30. The van der Waals surface area contributed by atoms with Crippen LogP contribution in [0.4, 0.5) is 11.4 Å². The average Bonchev–Trinajstić information content (AvgIpc) is 2.87. The van der Waals surface area contributed by atoms with E-state index in [1.807, 2.05) is 24.3 Å². The molecule has 0 saturated heterocycles. The summed E-state index contributed by atoms with van der Waals surface area (Å²) in [5.41, 5.74) is 2.33. The topological polar surface area (TPSA) is 94.2 Å². The summed E-state index contributed by atoms with van der Waals surface area (Å²) in [6, 6.07) is 18.8. The van der Waals surface area contributed by atoms with Crippen LogP contribution in [0.1, 0.15) is 12.0 Å². The zero-order chi connectivity index (χ0) is 23.5. The lowest BCUT2D eigenvalue weighted by atomic mass is 10.0. The molecule has 0 unspecified atom stereocenters. The Kier molecular flexibility index (Phi) is 6.02. The molecule has 0 bridgehead atoms. The van der Waals surface area contributed by atoms with Crippen LogP contribution in [0.3, 0.4) is 0 Å². The third-order valence-electron chi connectivity index (χ3n) is 5.68. The van der Waals surface area contributed by atoms with E-state index in [1.165, 1.54) is 16.4 Å². The van der Waals surface area contributed by atoms with Gasteiger partial charge in [-0.1, -0.05) is 18.2 Å². The van der Waals surface area contributed by atoms with Crippen molar-refractivity contribution in [2.24, 2.45) is 0 Å². The molecule has 1 amide bonds. The molecule has 2 aliphatic rings. The van der Waals surface area contributed by atoms with Crippen LogP contribution in [0.25, 0.3) is 0 Å². The maximum atomic E-state index is 13.2. The first-order valence-corrected chi connectivity index (χ1v) is 12.5. The standard InChI is InChI=1S/C25H24N2O6S/c28-25(26-19-7-12-23-24(16-19)32-15-14-31-23)17-33-20-8-10-21(11-9-20)34(29,30)27-13-3-5-18-4-1-2-6-22(18)27/h1-2,4,6-12,16H,3,5,13-15,17H2,(H,26,28). The Morgan fingerprint density at radius 2 is 1.74 bits per heavy atom. The Balaban J connectivity index is 1.21. The average molecular weight is 481 g/mol. The van der Waals surface area contributed by atoms with Gasteiger partial charge in [0.05, 0.1) is 10.6 Å². The van der Waals surface area contributed by atoms with Gasteiger partial charge in [0.15, 0.2) is 18.1 Å². The second kappa shape index (κ2) is 9.26. The van der Waals surface area contributed by atoms with Gasteiger partial charge in [-0.15, -0.1) is 0 Å². The molecular weight excluding hydrogens is 456 g/mol. The molecule has 1 N–H and O–H groups in total. The van der Waals surface area contributed by atoms with Gasteiger partial charge in [0.25, 0.3) is 15.9 Å². The van der Waals surface area contributed by atoms with Crippen molar-refractivity contribution in [1.82, 2.24) is 0 Å². The first-order valence-electron chi connectivity index (χ1n) is 11.0. The number of carbonyl (C=O) groups excluding carboxylic acids is 1. The summed E-state index contributed by atoms with van der Waals surface area (Å²) in [4.78, 5) is 12.5. The maximum Gasteiger partial charge on any atom is 0.264 e. The van der Waals surface area contributed by atoms with Gasteiger partial charge < -0.3 is 19.5 Å². The van der Waals surface area contributed by atoms with E-state index >= 15 is 0 Å². The Bertz CT molecular complexity index is 1310. The van der Waals surface area contributed by atoms with Gasteiger partial charge in [-0.25, -0.2) is 8.42 Å². The predicted octanol–water partition coefficient (Wildman–Crippen LogP) is 3.62. The number of sulfonamides is 1. The van der Waals surface area contributed by atoms with E-state index in [1.54, 1.807) is 30.3 Å². The van der Waals surface area contributed by atoms with E-state index in [0.29, 0.717) is 42.7 Å². The van der Waals surface area contributed by atoms with E-state index in [2.05, 4.69) is 5.32 Å². The van der Waals surface area contributed by atoms with Gasteiger partial charge in [0, 0.05) is 18.3 Å². The van der Waals surface area contributed by atoms with E-state index in [-0.39, 0.29) is 17.4 Å². The van der Waals surface area contributed by atoms with E-state index < -0.39 is 10.0 Å². The number of amides is 1. The Hall–Kier alpha value is -3.72. The van der Waals surface area contributed by atoms with E-state index in [4.69, 9.17) is 14.2 Å². The lowest BCUT2D eigenvalue weighted by Crippen LogP contribution is -2.35. The highest BCUT2D eigenvalue weighted by atomic mass is 32.2. The highest BCUT2D eigenvalue weighted by Gasteiger charge is 2.28. The number of carbonyl (C=O) groups is 1. The second-order valence-electron chi connectivity index (χ2n) is 7.98. The SMILES string of the molecule is O=C(COc1ccc(S(=O)(=O)N2CCCc3ccccc32)cc1)Nc1ccc2c(c1)OCCO2. The van der Waals surface area contributed by atoms with Crippen molar-refractivity contribution in [1.29, 1.82) is 0 Å². The second-order valence-corrected chi connectivity index (χ2v) is 9.84. The molecule has 176 valence electrons. The van der Waals surface area contributed by atoms with Crippen LogP contribution in [0.2, 0.25) is 0 Å². The van der Waals surface area contributed by atoms with Crippen molar-refractivity contribution in [3.8, 4) is 17.2 Å². The van der Waals surface area contributed by atoms with Crippen molar-refractivity contribution in [2.45, 2.75) is 17.7 Å². The number of hydrogen-bond acceptors (Lipinski definition) is 6. The zero-order valence-electron chi connectivity index (χ0n) is 18.4. The number of anilines is 2. The smallest absolute Gasteiger partial charge is 0.264 e. The number of rotatable bonds is 6. The molecule has 2 aliphatic heterocycles. The normalized spacial score (nSPS) is 14.8. The summed E-state index contributed by atoms with van der Waals surface area (Å²) in [5, 5.41) is 2.75. The summed E-state index contributed by atoms with van der Waals surface area (Å²) in [7, 11) is -3.70. The van der Waals surface area contributed by atoms with E-state index in [0.717, 1.165) is 24.1 Å². The minimum atomic E-state index is -3.70. The number of para-hydroxylation sites is 1. The number of benzene rings is 3. The fourth-order valence-electron chi connectivity index (χ4n) is 4.05. The first kappa shape index (κ1) is 22.1. The summed E-state index contributed by atoms with van der Waals surface area (Å²) < 4.78 is 44.5. The lowest BCUT2D eigenvalue weighted by molar-refractivity contribution is -0.118. The summed E-state index contributed by atoms with van der Waals surface area (Å²) in [5.74, 6) is 1.27. The monoisotopic (exact) mass is 480 g/mol. The molecule has 0 aliphatic carbocycles. The molecule has 0 aromatic heterocycles. The highest BCUT2D eigenvalue weighted by Crippen LogP contribution is 2.33. The Morgan fingerprint density at radius 1 is 0.971 bits per heavy atom. The van der Waals surface area contributed by atoms with Crippen LogP contribution < -0.4 is 23.8 Å². The van der Waals surface area contributed by atoms with Crippen molar-refractivity contribution >= 4 is 27.3 Å². The molecule has 34 heavy (non-hydrogen) atoms. The third-order valence-corrected chi connectivity index (χ3v) is 7.50. The summed E-state index contributed by atoms with van der Waals surface area (Å²) >= 11 is 0. The van der Waals surface area contributed by atoms with Crippen LogP contribution >= 0.6 is 0 Å². The van der Waals surface area contributed by atoms with Gasteiger partial charge in [-0.05, 0) is 60.9 Å². The molecule has 2 heterocycles. The van der Waals surface area contributed by atoms with Crippen molar-refractivity contribution in [3.05, 3.63) is 72.3 Å². The van der Waals surface area contributed by atoms with Crippen LogP contribution in [0.15, 0.2) is 71.6 Å². The van der Waals surface area contributed by atoms with Crippen LogP contribution in [-0.2, 0) is 21.2 Å². The van der Waals surface area contributed by atoms with Crippen molar-refractivity contribution in [3.63, 3.8) is 0 Å². The van der Waals surface area contributed by atoms with Crippen LogP contribution in [-0.4, -0.2) is 40.7 Å². The number of nitrogens with one attached hydrogen (secondary N) is 1. The Morgan fingerprint density at radius 3 is 2.56 bits per heavy atom. The molecule has 0 atom stereocenters. The number of ether oxygens (including phenoxy) is 3. The molecule has 5 rings (SSSR count). The number of hydrogen-bond donors (Lipinski definition) is 1. The minimum absolute atomic E-state index is 0.178.